The van der Waals surface area contributed by atoms with Crippen LogP contribution in [0.4, 0.5) is 0 Å². The molecule has 3 rings (SSSR count). The molecular formula is C12H12ClN3O. The van der Waals surface area contributed by atoms with Gasteiger partial charge in [-0.1, -0.05) is 17.7 Å². The van der Waals surface area contributed by atoms with Gasteiger partial charge >= 0.3 is 5.69 Å². The molecule has 0 saturated carbocycles. The third-order valence-electron chi connectivity index (χ3n) is 3.21. The van der Waals surface area contributed by atoms with Gasteiger partial charge in [0.15, 0.2) is 0 Å². The minimum atomic E-state index is -0.0427. The van der Waals surface area contributed by atoms with Crippen LogP contribution >= 0.6 is 11.6 Å². The second kappa shape index (κ2) is 3.74. The van der Waals surface area contributed by atoms with Gasteiger partial charge in [0.25, 0.3) is 0 Å². The maximum absolute atomic E-state index is 11.8. The summed E-state index contributed by atoms with van der Waals surface area (Å²) in [5.41, 5.74) is 2.38. The number of benzene rings is 1. The van der Waals surface area contributed by atoms with Crippen molar-refractivity contribution in [3.8, 4) is 0 Å². The van der Waals surface area contributed by atoms with E-state index in [1.165, 1.54) is 15.8 Å². The van der Waals surface area contributed by atoms with Crippen molar-refractivity contribution < 1.29 is 0 Å². The summed E-state index contributed by atoms with van der Waals surface area (Å²) in [4.78, 5) is 11.8. The molecule has 88 valence electrons. The maximum Gasteiger partial charge on any atom is 0.345 e. The minimum Gasteiger partial charge on any atom is -0.278 e. The van der Waals surface area contributed by atoms with Crippen molar-refractivity contribution in [1.29, 1.82) is 0 Å². The molecule has 0 amide bonds. The molecule has 0 fully saturated rings. The Morgan fingerprint density at radius 3 is 3.00 bits per heavy atom. The summed E-state index contributed by atoms with van der Waals surface area (Å²) in [6.07, 6.45) is 1.52. The molecule has 0 bridgehead atoms. The van der Waals surface area contributed by atoms with Gasteiger partial charge in [-0.25, -0.2) is 9.48 Å². The van der Waals surface area contributed by atoms with E-state index in [0.717, 1.165) is 17.3 Å². The zero-order chi connectivity index (χ0) is 12.0. The van der Waals surface area contributed by atoms with Crippen LogP contribution in [0, 0.1) is 0 Å². The average molecular weight is 250 g/mol. The van der Waals surface area contributed by atoms with E-state index < -0.39 is 0 Å². The molecule has 2 aromatic rings. The lowest BCUT2D eigenvalue weighted by molar-refractivity contribution is 0.641. The van der Waals surface area contributed by atoms with Crippen LogP contribution < -0.4 is 5.69 Å². The van der Waals surface area contributed by atoms with Crippen molar-refractivity contribution in [3.63, 3.8) is 0 Å². The maximum atomic E-state index is 11.8. The molecule has 2 heterocycles. The van der Waals surface area contributed by atoms with Gasteiger partial charge in [0.2, 0.25) is 0 Å². The summed E-state index contributed by atoms with van der Waals surface area (Å²) < 4.78 is 3.14. The van der Waals surface area contributed by atoms with Gasteiger partial charge in [-0.3, -0.25) is 4.57 Å². The number of halogens is 1. The van der Waals surface area contributed by atoms with E-state index >= 15 is 0 Å². The van der Waals surface area contributed by atoms with Gasteiger partial charge < -0.3 is 0 Å². The van der Waals surface area contributed by atoms with Crippen LogP contribution in [0.1, 0.15) is 17.0 Å². The molecule has 0 N–H and O–H groups in total. The first-order valence-electron chi connectivity index (χ1n) is 5.55. The highest BCUT2D eigenvalue weighted by Crippen LogP contribution is 2.21. The molecule has 0 aliphatic carbocycles. The molecule has 1 aromatic carbocycles. The fourth-order valence-electron chi connectivity index (χ4n) is 2.32. The first-order valence-corrected chi connectivity index (χ1v) is 5.93. The van der Waals surface area contributed by atoms with Crippen LogP contribution in [0.2, 0.25) is 5.02 Å². The number of fused-ring (bicyclic) bond motifs is 2. The van der Waals surface area contributed by atoms with Crippen molar-refractivity contribution in [2.75, 3.05) is 0 Å². The number of rotatable bonds is 0. The second-order valence-electron chi connectivity index (χ2n) is 4.31. The van der Waals surface area contributed by atoms with Crippen molar-refractivity contribution in [2.45, 2.75) is 19.4 Å². The van der Waals surface area contributed by atoms with E-state index in [0.29, 0.717) is 13.0 Å². The molecule has 1 aromatic heterocycles. The third-order valence-corrected chi connectivity index (χ3v) is 3.44. The van der Waals surface area contributed by atoms with Gasteiger partial charge in [0.1, 0.15) is 5.82 Å². The van der Waals surface area contributed by atoms with E-state index in [1.807, 2.05) is 18.2 Å². The standard InChI is InChI=1S/C12H12ClN3O/c1-15-12(17)16-5-4-8-2-3-10(13)6-9(8)7-11(16)14-15/h2-3,6H,4-5,7H2,1H3. The fourth-order valence-corrected chi connectivity index (χ4v) is 2.51. The van der Waals surface area contributed by atoms with Crippen molar-refractivity contribution in [2.24, 2.45) is 7.05 Å². The van der Waals surface area contributed by atoms with E-state index in [-0.39, 0.29) is 5.69 Å². The van der Waals surface area contributed by atoms with E-state index in [1.54, 1.807) is 11.6 Å². The summed E-state index contributed by atoms with van der Waals surface area (Å²) in [7, 11) is 1.68. The van der Waals surface area contributed by atoms with Gasteiger partial charge in [0, 0.05) is 25.0 Å². The summed E-state index contributed by atoms with van der Waals surface area (Å²) >= 11 is 6.00. The Morgan fingerprint density at radius 1 is 1.35 bits per heavy atom. The summed E-state index contributed by atoms with van der Waals surface area (Å²) in [6, 6.07) is 5.90. The Bertz CT molecular complexity index is 642. The smallest absolute Gasteiger partial charge is 0.278 e. The number of hydrogen-bond acceptors (Lipinski definition) is 2. The first-order chi connectivity index (χ1) is 8.15. The van der Waals surface area contributed by atoms with Gasteiger partial charge in [0.05, 0.1) is 0 Å². The lowest BCUT2D eigenvalue weighted by atomic mass is 10.0. The van der Waals surface area contributed by atoms with Crippen LogP contribution in [-0.4, -0.2) is 14.3 Å². The topological polar surface area (TPSA) is 39.8 Å². The fraction of sp³-hybridized carbons (Fsp3) is 0.333. The number of aryl methyl sites for hydroxylation is 2. The molecule has 0 spiro atoms. The van der Waals surface area contributed by atoms with Crippen LogP contribution in [0.5, 0.6) is 0 Å². The molecule has 17 heavy (non-hydrogen) atoms. The molecular weight excluding hydrogens is 238 g/mol. The van der Waals surface area contributed by atoms with Gasteiger partial charge in [-0.05, 0) is 29.7 Å². The average Bonchev–Trinajstić information content (AvgIpc) is 2.48. The van der Waals surface area contributed by atoms with Crippen LogP contribution in [0.15, 0.2) is 23.0 Å². The number of hydrogen-bond donors (Lipinski definition) is 0. The molecule has 0 unspecified atom stereocenters. The predicted octanol–water partition coefficient (Wildman–Crippen LogP) is 1.38. The zero-order valence-electron chi connectivity index (χ0n) is 9.48. The van der Waals surface area contributed by atoms with Crippen molar-refractivity contribution in [3.05, 3.63) is 50.7 Å². The molecule has 0 atom stereocenters. The van der Waals surface area contributed by atoms with Crippen LogP contribution in [-0.2, 0) is 26.4 Å². The molecule has 1 aliphatic rings. The molecule has 1 aliphatic heterocycles. The lowest BCUT2D eigenvalue weighted by Crippen LogP contribution is -2.23. The number of aromatic nitrogens is 3. The quantitative estimate of drug-likeness (QED) is 0.708. The van der Waals surface area contributed by atoms with E-state index in [2.05, 4.69) is 5.10 Å². The Hall–Kier alpha value is -1.55. The first kappa shape index (κ1) is 10.6. The Labute approximate surface area is 103 Å². The highest BCUT2D eigenvalue weighted by molar-refractivity contribution is 6.30. The Morgan fingerprint density at radius 2 is 2.18 bits per heavy atom. The summed E-state index contributed by atoms with van der Waals surface area (Å²) in [5.74, 6) is 0.818. The third kappa shape index (κ3) is 1.69. The normalized spacial score (nSPS) is 14.0. The lowest BCUT2D eigenvalue weighted by Gasteiger charge is -2.04. The molecule has 0 radical (unpaired) electrons. The zero-order valence-corrected chi connectivity index (χ0v) is 10.2. The minimum absolute atomic E-state index is 0.0427. The van der Waals surface area contributed by atoms with Crippen LogP contribution in [0.3, 0.4) is 0 Å². The largest absolute Gasteiger partial charge is 0.345 e. The van der Waals surface area contributed by atoms with E-state index in [4.69, 9.17) is 11.6 Å². The van der Waals surface area contributed by atoms with Crippen LogP contribution in [0.25, 0.3) is 0 Å². The number of nitrogens with zero attached hydrogens (tertiary/aromatic N) is 3. The molecule has 4 nitrogen and oxygen atoms in total. The SMILES string of the molecule is Cn1nc2n(c1=O)CCc1ccc(Cl)cc1C2. The van der Waals surface area contributed by atoms with Gasteiger partial charge in [-0.15, -0.1) is 0 Å². The Balaban J connectivity index is 2.14. The monoisotopic (exact) mass is 249 g/mol. The van der Waals surface area contributed by atoms with E-state index in [9.17, 15) is 4.79 Å². The second-order valence-corrected chi connectivity index (χ2v) is 4.75. The summed E-state index contributed by atoms with van der Waals surface area (Å²) in [5, 5.41) is 5.00. The molecule has 0 saturated heterocycles. The van der Waals surface area contributed by atoms with Crippen molar-refractivity contribution in [1.82, 2.24) is 14.3 Å². The molecule has 5 heteroatoms. The van der Waals surface area contributed by atoms with Crippen molar-refractivity contribution >= 4 is 11.6 Å². The Kier molecular flexibility index (Phi) is 2.33. The predicted molar refractivity (Wildman–Crippen MR) is 65.4 cm³/mol. The highest BCUT2D eigenvalue weighted by atomic mass is 35.5. The van der Waals surface area contributed by atoms with Gasteiger partial charge in [-0.2, -0.15) is 5.10 Å². The summed E-state index contributed by atoms with van der Waals surface area (Å²) in [6.45, 7) is 0.691. The highest BCUT2D eigenvalue weighted by Gasteiger charge is 2.17.